The highest BCUT2D eigenvalue weighted by atomic mass is 16.5. The van der Waals surface area contributed by atoms with Crippen LogP contribution in [0, 0.1) is 6.92 Å². The second-order valence-electron chi connectivity index (χ2n) is 5.55. The average molecular weight is 316 g/mol. The highest BCUT2D eigenvalue weighted by Gasteiger charge is 2.36. The summed E-state index contributed by atoms with van der Waals surface area (Å²) in [7, 11) is 0. The number of amides is 1. The fraction of sp³-hybridized carbons (Fsp3) is 0.438. The fourth-order valence-electron chi connectivity index (χ4n) is 2.92. The Morgan fingerprint density at radius 2 is 2.22 bits per heavy atom. The quantitative estimate of drug-likeness (QED) is 0.862. The summed E-state index contributed by atoms with van der Waals surface area (Å²) in [6.07, 6.45) is -0.296. The van der Waals surface area contributed by atoms with E-state index in [9.17, 15) is 9.90 Å². The highest BCUT2D eigenvalue weighted by molar-refractivity contribution is 5.78. The van der Waals surface area contributed by atoms with E-state index < -0.39 is 6.10 Å². The standard InChI is InChI=1S/C16H20N4O3/c1-11-17-14(19-18-11)9-15(22)20-7-8-23-13(10-21)16(20)12-5-3-2-4-6-12/h2-6,13,16,21H,7-10H2,1H3,(H,17,18,19)/t13-,16-/m0/s1. The Bertz CT molecular complexity index is 658. The fourth-order valence-corrected chi connectivity index (χ4v) is 2.92. The van der Waals surface area contributed by atoms with Crippen LogP contribution in [0.1, 0.15) is 23.3 Å². The first-order chi connectivity index (χ1) is 11.2. The zero-order valence-corrected chi connectivity index (χ0v) is 13.0. The lowest BCUT2D eigenvalue weighted by molar-refractivity contribution is -0.149. The molecule has 2 aromatic rings. The van der Waals surface area contributed by atoms with E-state index in [1.807, 2.05) is 30.3 Å². The van der Waals surface area contributed by atoms with Crippen molar-refractivity contribution in [2.45, 2.75) is 25.5 Å². The number of nitrogens with zero attached hydrogens (tertiary/aromatic N) is 3. The predicted molar refractivity (Wildman–Crippen MR) is 82.5 cm³/mol. The monoisotopic (exact) mass is 316 g/mol. The molecule has 0 spiro atoms. The van der Waals surface area contributed by atoms with Gasteiger partial charge in [-0.3, -0.25) is 9.89 Å². The van der Waals surface area contributed by atoms with Crippen LogP contribution in [-0.2, 0) is 16.0 Å². The van der Waals surface area contributed by atoms with E-state index in [1.165, 1.54) is 0 Å². The van der Waals surface area contributed by atoms with Crippen LogP contribution in [0.15, 0.2) is 30.3 Å². The molecule has 0 unspecified atom stereocenters. The van der Waals surface area contributed by atoms with Crippen molar-refractivity contribution in [3.63, 3.8) is 0 Å². The lowest BCUT2D eigenvalue weighted by atomic mass is 9.98. The smallest absolute Gasteiger partial charge is 0.231 e. The maximum atomic E-state index is 12.7. The van der Waals surface area contributed by atoms with E-state index in [4.69, 9.17) is 4.74 Å². The normalized spacial score (nSPS) is 21.4. The van der Waals surface area contributed by atoms with Gasteiger partial charge in [-0.15, -0.1) is 0 Å². The van der Waals surface area contributed by atoms with Gasteiger partial charge in [0.1, 0.15) is 11.9 Å². The van der Waals surface area contributed by atoms with Crippen molar-refractivity contribution < 1.29 is 14.6 Å². The van der Waals surface area contributed by atoms with Crippen LogP contribution in [0.2, 0.25) is 0 Å². The molecule has 0 aliphatic carbocycles. The number of aliphatic hydroxyl groups excluding tert-OH is 1. The minimum atomic E-state index is -0.427. The molecule has 1 aromatic carbocycles. The van der Waals surface area contributed by atoms with Gasteiger partial charge < -0.3 is 14.7 Å². The van der Waals surface area contributed by atoms with Crippen LogP contribution >= 0.6 is 0 Å². The molecule has 1 fully saturated rings. The van der Waals surface area contributed by atoms with Gasteiger partial charge in [-0.2, -0.15) is 5.10 Å². The molecule has 2 N–H and O–H groups in total. The maximum Gasteiger partial charge on any atom is 0.231 e. The number of ether oxygens (including phenoxy) is 1. The number of benzene rings is 1. The SMILES string of the molecule is Cc1nc(CC(=O)N2CCO[C@@H](CO)[C@@H]2c2ccccc2)n[nH]1. The molecule has 1 aliphatic rings. The molecule has 7 nitrogen and oxygen atoms in total. The third kappa shape index (κ3) is 3.40. The first-order valence-electron chi connectivity index (χ1n) is 7.64. The molecule has 2 heterocycles. The number of aromatic nitrogens is 3. The molecule has 2 atom stereocenters. The first kappa shape index (κ1) is 15.6. The lowest BCUT2D eigenvalue weighted by Crippen LogP contribution is -2.50. The molecule has 0 bridgehead atoms. The van der Waals surface area contributed by atoms with E-state index in [0.717, 1.165) is 5.56 Å². The predicted octanol–water partition coefficient (Wildman–Crippen LogP) is 0.617. The van der Waals surface area contributed by atoms with Gasteiger partial charge >= 0.3 is 0 Å². The van der Waals surface area contributed by atoms with Gasteiger partial charge in [-0.25, -0.2) is 4.98 Å². The van der Waals surface area contributed by atoms with Gasteiger partial charge in [0, 0.05) is 6.54 Å². The van der Waals surface area contributed by atoms with Crippen molar-refractivity contribution in [1.29, 1.82) is 0 Å². The summed E-state index contributed by atoms with van der Waals surface area (Å²) < 4.78 is 5.65. The Kier molecular flexibility index (Phi) is 4.68. The largest absolute Gasteiger partial charge is 0.394 e. The third-order valence-electron chi connectivity index (χ3n) is 3.95. The summed E-state index contributed by atoms with van der Waals surface area (Å²) in [5.41, 5.74) is 0.950. The van der Waals surface area contributed by atoms with E-state index >= 15 is 0 Å². The number of hydrogen-bond donors (Lipinski definition) is 2. The number of aryl methyl sites for hydroxylation is 1. The zero-order chi connectivity index (χ0) is 16.2. The average Bonchev–Trinajstić information content (AvgIpc) is 2.99. The van der Waals surface area contributed by atoms with Crippen molar-refractivity contribution in [2.24, 2.45) is 0 Å². The summed E-state index contributed by atoms with van der Waals surface area (Å²) in [6, 6.07) is 9.34. The molecule has 23 heavy (non-hydrogen) atoms. The van der Waals surface area contributed by atoms with E-state index in [0.29, 0.717) is 24.8 Å². The molecular weight excluding hydrogens is 296 g/mol. The molecular formula is C16H20N4O3. The van der Waals surface area contributed by atoms with Crippen molar-refractivity contribution in [3.8, 4) is 0 Å². The van der Waals surface area contributed by atoms with Crippen molar-refractivity contribution in [2.75, 3.05) is 19.8 Å². The van der Waals surface area contributed by atoms with Gasteiger partial charge in [0.05, 0.1) is 25.7 Å². The van der Waals surface area contributed by atoms with Gasteiger partial charge in [-0.1, -0.05) is 30.3 Å². The molecule has 122 valence electrons. The Morgan fingerprint density at radius 3 is 2.87 bits per heavy atom. The molecule has 3 rings (SSSR count). The summed E-state index contributed by atoms with van der Waals surface area (Å²) in [6.45, 7) is 2.55. The van der Waals surface area contributed by atoms with Gasteiger partial charge in [0.2, 0.25) is 5.91 Å². The Balaban J connectivity index is 1.83. The van der Waals surface area contributed by atoms with Crippen LogP contribution in [0.4, 0.5) is 0 Å². The van der Waals surface area contributed by atoms with E-state index in [1.54, 1.807) is 11.8 Å². The van der Waals surface area contributed by atoms with Crippen LogP contribution in [-0.4, -0.2) is 57.0 Å². The summed E-state index contributed by atoms with van der Waals surface area (Å²) >= 11 is 0. The van der Waals surface area contributed by atoms with Crippen molar-refractivity contribution in [1.82, 2.24) is 20.1 Å². The lowest BCUT2D eigenvalue weighted by Gasteiger charge is -2.40. The first-order valence-corrected chi connectivity index (χ1v) is 7.64. The second kappa shape index (κ2) is 6.89. The Labute approximate surface area is 134 Å². The molecule has 1 aliphatic heterocycles. The number of hydrogen-bond acceptors (Lipinski definition) is 5. The maximum absolute atomic E-state index is 12.7. The van der Waals surface area contributed by atoms with Gasteiger partial charge in [-0.05, 0) is 12.5 Å². The minimum Gasteiger partial charge on any atom is -0.394 e. The number of morpholine rings is 1. The molecule has 7 heteroatoms. The Hall–Kier alpha value is -2.25. The van der Waals surface area contributed by atoms with Gasteiger partial charge in [0.25, 0.3) is 0 Å². The number of aliphatic hydroxyl groups is 1. The van der Waals surface area contributed by atoms with Crippen LogP contribution in [0.5, 0.6) is 0 Å². The number of carbonyl (C=O) groups is 1. The van der Waals surface area contributed by atoms with E-state index in [-0.39, 0.29) is 25.0 Å². The topological polar surface area (TPSA) is 91.3 Å². The number of carbonyl (C=O) groups excluding carboxylic acids is 1. The third-order valence-corrected chi connectivity index (χ3v) is 3.95. The minimum absolute atomic E-state index is 0.0698. The number of H-pyrrole nitrogens is 1. The van der Waals surface area contributed by atoms with Crippen molar-refractivity contribution >= 4 is 5.91 Å². The van der Waals surface area contributed by atoms with Crippen LogP contribution in [0.3, 0.4) is 0 Å². The molecule has 1 aromatic heterocycles. The molecule has 0 saturated carbocycles. The van der Waals surface area contributed by atoms with E-state index in [2.05, 4.69) is 15.2 Å². The second-order valence-corrected chi connectivity index (χ2v) is 5.55. The molecule has 0 radical (unpaired) electrons. The number of nitrogens with one attached hydrogen (secondary N) is 1. The highest BCUT2D eigenvalue weighted by Crippen LogP contribution is 2.29. The number of rotatable bonds is 4. The summed E-state index contributed by atoms with van der Waals surface area (Å²) in [5, 5.41) is 16.4. The van der Waals surface area contributed by atoms with Crippen LogP contribution in [0.25, 0.3) is 0 Å². The number of aromatic amines is 1. The Morgan fingerprint density at radius 1 is 1.43 bits per heavy atom. The zero-order valence-electron chi connectivity index (χ0n) is 13.0. The summed E-state index contributed by atoms with van der Waals surface area (Å²) in [4.78, 5) is 18.7. The summed E-state index contributed by atoms with van der Waals surface area (Å²) in [5.74, 6) is 1.09. The molecule has 1 amide bonds. The molecule has 1 saturated heterocycles. The van der Waals surface area contributed by atoms with Crippen molar-refractivity contribution in [3.05, 3.63) is 47.5 Å². The van der Waals surface area contributed by atoms with Gasteiger partial charge in [0.15, 0.2) is 5.82 Å². The van der Waals surface area contributed by atoms with Crippen LogP contribution < -0.4 is 0 Å².